The standard InChI is InChI=1S/C18H20N2O5S/c1-19-26(22,23)15-8-6-14(7-9-15)20-18(21)11-5-13-4-10-16(24-2)17(12-13)25-3/h4-12,19H,1-3H3,(H,20,21)/b11-5+. The molecule has 0 bridgehead atoms. The van der Waals surface area contributed by atoms with E-state index in [1.54, 1.807) is 31.4 Å². The molecule has 0 unspecified atom stereocenters. The number of nitrogens with one attached hydrogen (secondary N) is 2. The van der Waals surface area contributed by atoms with Gasteiger partial charge in [-0.3, -0.25) is 4.79 Å². The maximum absolute atomic E-state index is 12.0. The molecule has 2 N–H and O–H groups in total. The first kappa shape index (κ1) is 19.5. The normalized spacial score (nSPS) is 11.3. The molecule has 0 saturated heterocycles. The summed E-state index contributed by atoms with van der Waals surface area (Å²) in [4.78, 5) is 12.1. The van der Waals surface area contributed by atoms with Gasteiger partial charge in [0.05, 0.1) is 19.1 Å². The summed E-state index contributed by atoms with van der Waals surface area (Å²) < 4.78 is 35.9. The topological polar surface area (TPSA) is 93.7 Å². The summed E-state index contributed by atoms with van der Waals surface area (Å²) in [5.74, 6) is 0.825. The van der Waals surface area contributed by atoms with Crippen molar-refractivity contribution in [1.82, 2.24) is 4.72 Å². The molecule has 0 aliphatic heterocycles. The van der Waals surface area contributed by atoms with Crippen LogP contribution in [0.3, 0.4) is 0 Å². The number of benzene rings is 2. The number of carbonyl (C=O) groups is 1. The van der Waals surface area contributed by atoms with E-state index in [9.17, 15) is 13.2 Å². The van der Waals surface area contributed by atoms with Crippen LogP contribution in [-0.2, 0) is 14.8 Å². The van der Waals surface area contributed by atoms with Crippen LogP contribution in [0, 0.1) is 0 Å². The Hall–Kier alpha value is -2.84. The van der Waals surface area contributed by atoms with Crippen molar-refractivity contribution in [2.45, 2.75) is 4.90 Å². The van der Waals surface area contributed by atoms with E-state index in [-0.39, 0.29) is 10.8 Å². The lowest BCUT2D eigenvalue weighted by Crippen LogP contribution is -2.18. The summed E-state index contributed by atoms with van der Waals surface area (Å²) >= 11 is 0. The molecule has 0 heterocycles. The van der Waals surface area contributed by atoms with Gasteiger partial charge in [-0.2, -0.15) is 0 Å². The van der Waals surface area contributed by atoms with Crippen LogP contribution < -0.4 is 19.5 Å². The zero-order valence-electron chi connectivity index (χ0n) is 14.6. The molecule has 26 heavy (non-hydrogen) atoms. The number of rotatable bonds is 7. The average Bonchev–Trinajstić information content (AvgIpc) is 2.66. The van der Waals surface area contributed by atoms with Crippen molar-refractivity contribution in [3.63, 3.8) is 0 Å². The minimum Gasteiger partial charge on any atom is -0.493 e. The van der Waals surface area contributed by atoms with Gasteiger partial charge in [-0.25, -0.2) is 13.1 Å². The van der Waals surface area contributed by atoms with E-state index >= 15 is 0 Å². The molecule has 0 spiro atoms. The van der Waals surface area contributed by atoms with Crippen LogP contribution in [0.25, 0.3) is 6.08 Å². The fraction of sp³-hybridized carbons (Fsp3) is 0.167. The summed E-state index contributed by atoms with van der Waals surface area (Å²) in [5, 5.41) is 2.66. The molecule has 1 amide bonds. The predicted molar refractivity (Wildman–Crippen MR) is 99.9 cm³/mol. The van der Waals surface area contributed by atoms with Crippen molar-refractivity contribution in [1.29, 1.82) is 0 Å². The van der Waals surface area contributed by atoms with Gasteiger partial charge < -0.3 is 14.8 Å². The number of ether oxygens (including phenoxy) is 2. The molecule has 2 aromatic rings. The van der Waals surface area contributed by atoms with E-state index in [1.807, 2.05) is 0 Å². The molecule has 0 radical (unpaired) electrons. The SMILES string of the molecule is CNS(=O)(=O)c1ccc(NC(=O)/C=C/c2ccc(OC)c(OC)c2)cc1. The van der Waals surface area contributed by atoms with Gasteiger partial charge in [0.1, 0.15) is 0 Å². The lowest BCUT2D eigenvalue weighted by molar-refractivity contribution is -0.111. The summed E-state index contributed by atoms with van der Waals surface area (Å²) in [7, 11) is 0.924. The number of carbonyl (C=O) groups excluding carboxylic acids is 1. The van der Waals surface area contributed by atoms with E-state index < -0.39 is 10.0 Å². The largest absolute Gasteiger partial charge is 0.493 e. The van der Waals surface area contributed by atoms with Crippen molar-refractivity contribution in [3.05, 3.63) is 54.1 Å². The lowest BCUT2D eigenvalue weighted by atomic mass is 10.2. The Morgan fingerprint density at radius 3 is 2.23 bits per heavy atom. The molecular weight excluding hydrogens is 356 g/mol. The van der Waals surface area contributed by atoms with Gasteiger partial charge >= 0.3 is 0 Å². The molecular formula is C18H20N2O5S. The van der Waals surface area contributed by atoms with Gasteiger partial charge in [0, 0.05) is 11.8 Å². The monoisotopic (exact) mass is 376 g/mol. The molecule has 0 atom stereocenters. The number of amides is 1. The summed E-state index contributed by atoms with van der Waals surface area (Å²) in [6, 6.07) is 11.2. The average molecular weight is 376 g/mol. The van der Waals surface area contributed by atoms with Crippen molar-refractivity contribution in [2.24, 2.45) is 0 Å². The van der Waals surface area contributed by atoms with Crippen molar-refractivity contribution in [3.8, 4) is 11.5 Å². The molecule has 0 aromatic heterocycles. The molecule has 0 aliphatic carbocycles. The van der Waals surface area contributed by atoms with Crippen LogP contribution in [-0.4, -0.2) is 35.6 Å². The van der Waals surface area contributed by atoms with E-state index in [0.29, 0.717) is 17.2 Å². The quantitative estimate of drug-likeness (QED) is 0.723. The number of hydrogen-bond donors (Lipinski definition) is 2. The third-order valence-electron chi connectivity index (χ3n) is 3.54. The Labute approximate surface area is 152 Å². The van der Waals surface area contributed by atoms with E-state index in [1.165, 1.54) is 44.5 Å². The van der Waals surface area contributed by atoms with Gasteiger partial charge in [-0.05, 0) is 55.1 Å². The summed E-state index contributed by atoms with van der Waals surface area (Å²) in [6.45, 7) is 0. The van der Waals surface area contributed by atoms with Gasteiger partial charge in [0.2, 0.25) is 15.9 Å². The van der Waals surface area contributed by atoms with Crippen LogP contribution in [0.2, 0.25) is 0 Å². The maximum atomic E-state index is 12.0. The molecule has 7 nitrogen and oxygen atoms in total. The van der Waals surface area contributed by atoms with E-state index in [4.69, 9.17) is 9.47 Å². The van der Waals surface area contributed by atoms with Gasteiger partial charge in [0.25, 0.3) is 0 Å². The first-order valence-corrected chi connectivity index (χ1v) is 9.12. The highest BCUT2D eigenvalue weighted by Crippen LogP contribution is 2.28. The fourth-order valence-corrected chi connectivity index (χ4v) is 2.88. The second-order valence-corrected chi connectivity index (χ2v) is 7.06. The second kappa shape index (κ2) is 8.50. The molecule has 2 aromatic carbocycles. The van der Waals surface area contributed by atoms with Crippen molar-refractivity contribution < 1.29 is 22.7 Å². The van der Waals surface area contributed by atoms with Crippen molar-refractivity contribution in [2.75, 3.05) is 26.6 Å². The molecule has 2 rings (SSSR count). The Kier molecular flexibility index (Phi) is 6.37. The van der Waals surface area contributed by atoms with E-state index in [0.717, 1.165) is 5.56 Å². The van der Waals surface area contributed by atoms with Gasteiger partial charge in [-0.1, -0.05) is 6.07 Å². The smallest absolute Gasteiger partial charge is 0.248 e. The minimum atomic E-state index is -3.50. The van der Waals surface area contributed by atoms with Crippen molar-refractivity contribution >= 4 is 27.7 Å². The second-order valence-electron chi connectivity index (χ2n) is 5.17. The van der Waals surface area contributed by atoms with Gasteiger partial charge in [0.15, 0.2) is 11.5 Å². The van der Waals surface area contributed by atoms with Crippen LogP contribution in [0.15, 0.2) is 53.4 Å². The Bertz CT molecular complexity index is 906. The first-order chi connectivity index (χ1) is 12.4. The summed E-state index contributed by atoms with van der Waals surface area (Å²) in [6.07, 6.45) is 3.01. The highest BCUT2D eigenvalue weighted by molar-refractivity contribution is 7.89. The number of hydrogen-bond acceptors (Lipinski definition) is 5. The maximum Gasteiger partial charge on any atom is 0.248 e. The first-order valence-electron chi connectivity index (χ1n) is 7.64. The zero-order valence-corrected chi connectivity index (χ0v) is 15.5. The number of methoxy groups -OCH3 is 2. The minimum absolute atomic E-state index is 0.124. The Balaban J connectivity index is 2.05. The Morgan fingerprint density at radius 2 is 1.65 bits per heavy atom. The predicted octanol–water partition coefficient (Wildman–Crippen LogP) is 2.26. The van der Waals surface area contributed by atoms with Crippen LogP contribution >= 0.6 is 0 Å². The lowest BCUT2D eigenvalue weighted by Gasteiger charge is -2.07. The summed E-state index contributed by atoms with van der Waals surface area (Å²) in [5.41, 5.74) is 1.26. The third-order valence-corrected chi connectivity index (χ3v) is 4.97. The third kappa shape index (κ3) is 4.84. The van der Waals surface area contributed by atoms with Crippen LogP contribution in [0.4, 0.5) is 5.69 Å². The Morgan fingerprint density at radius 1 is 1.00 bits per heavy atom. The fourth-order valence-electron chi connectivity index (χ4n) is 2.15. The molecule has 138 valence electrons. The highest BCUT2D eigenvalue weighted by Gasteiger charge is 2.10. The highest BCUT2D eigenvalue weighted by atomic mass is 32.2. The van der Waals surface area contributed by atoms with Gasteiger partial charge in [-0.15, -0.1) is 0 Å². The molecule has 0 fully saturated rings. The molecule has 0 saturated carbocycles. The molecule has 0 aliphatic rings. The van der Waals surface area contributed by atoms with Crippen LogP contribution in [0.1, 0.15) is 5.56 Å². The van der Waals surface area contributed by atoms with Crippen LogP contribution in [0.5, 0.6) is 11.5 Å². The zero-order chi connectivity index (χ0) is 19.2. The molecule has 8 heteroatoms. The number of sulfonamides is 1. The van der Waals surface area contributed by atoms with E-state index in [2.05, 4.69) is 10.0 Å². The number of anilines is 1.